The molecule has 0 saturated carbocycles. The lowest BCUT2D eigenvalue weighted by atomic mass is 9.98. The average Bonchev–Trinajstić information content (AvgIpc) is 3.76. The number of nitrogens with zero attached hydrogens (tertiary/aromatic N) is 4. The molecule has 7 aromatic carbocycles. The van der Waals surface area contributed by atoms with E-state index in [0.29, 0.717) is 0 Å². The summed E-state index contributed by atoms with van der Waals surface area (Å²) in [6.45, 7) is 0. The predicted octanol–water partition coefficient (Wildman–Crippen LogP) is 12.9. The van der Waals surface area contributed by atoms with E-state index in [-0.39, 0.29) is 0 Å². The first-order valence-corrected chi connectivity index (χ1v) is 18.6. The lowest BCUT2D eigenvalue weighted by Crippen LogP contribution is -2.03. The number of para-hydroxylation sites is 4. The minimum atomic E-state index is 0.746. The highest BCUT2D eigenvalue weighted by Crippen LogP contribution is 2.40. The zero-order valence-electron chi connectivity index (χ0n) is 29.5. The molecule has 0 spiro atoms. The van der Waals surface area contributed by atoms with E-state index in [4.69, 9.17) is 9.97 Å². The Bertz CT molecular complexity index is 3140. The molecular formula is C50H34N4. The van der Waals surface area contributed by atoms with E-state index in [1.807, 2.05) is 18.2 Å². The molecule has 0 fully saturated rings. The SMILES string of the molecule is C1=C(c2nc(-c3ccccc3)nc3ccccc23)C=C(n2c3ccccc3c3ccc(-c4ccc5c6ccccc6n(-c6ccccc6)c5c4)cc32)CC1. The number of aromatic nitrogens is 4. The summed E-state index contributed by atoms with van der Waals surface area (Å²) in [4.78, 5) is 10.2. The Hall–Kier alpha value is -7.04. The summed E-state index contributed by atoms with van der Waals surface area (Å²) in [5.41, 5.74) is 13.7. The molecule has 0 N–H and O–H groups in total. The second-order valence-electron chi connectivity index (χ2n) is 14.1. The van der Waals surface area contributed by atoms with Crippen LogP contribution in [-0.4, -0.2) is 19.1 Å². The summed E-state index contributed by atoms with van der Waals surface area (Å²) in [5, 5.41) is 6.10. The van der Waals surface area contributed by atoms with Crippen molar-refractivity contribution in [3.63, 3.8) is 0 Å². The van der Waals surface area contributed by atoms with E-state index in [1.165, 1.54) is 60.4 Å². The van der Waals surface area contributed by atoms with Crippen LogP contribution in [0.1, 0.15) is 18.5 Å². The molecule has 254 valence electrons. The van der Waals surface area contributed by atoms with Gasteiger partial charge < -0.3 is 9.13 Å². The van der Waals surface area contributed by atoms with E-state index >= 15 is 0 Å². The molecule has 0 amide bonds. The molecule has 4 nitrogen and oxygen atoms in total. The topological polar surface area (TPSA) is 35.6 Å². The van der Waals surface area contributed by atoms with Crippen molar-refractivity contribution in [2.24, 2.45) is 0 Å². The maximum absolute atomic E-state index is 5.22. The molecule has 3 heterocycles. The molecule has 0 saturated heterocycles. The van der Waals surface area contributed by atoms with Gasteiger partial charge in [-0.1, -0.05) is 133 Å². The van der Waals surface area contributed by atoms with E-state index in [2.05, 4.69) is 173 Å². The van der Waals surface area contributed by atoms with Gasteiger partial charge in [0.05, 0.1) is 33.3 Å². The summed E-state index contributed by atoms with van der Waals surface area (Å²) >= 11 is 0. The van der Waals surface area contributed by atoms with Crippen molar-refractivity contribution < 1.29 is 0 Å². The summed E-state index contributed by atoms with van der Waals surface area (Å²) in [6, 6.07) is 60.8. The van der Waals surface area contributed by atoms with Gasteiger partial charge in [-0.25, -0.2) is 9.97 Å². The first kappa shape index (κ1) is 30.6. The van der Waals surface area contributed by atoms with Gasteiger partial charge >= 0.3 is 0 Å². The second-order valence-corrected chi connectivity index (χ2v) is 14.1. The Labute approximate surface area is 312 Å². The average molecular weight is 691 g/mol. The fourth-order valence-electron chi connectivity index (χ4n) is 8.51. The fourth-order valence-corrected chi connectivity index (χ4v) is 8.51. The maximum atomic E-state index is 5.22. The van der Waals surface area contributed by atoms with Gasteiger partial charge in [-0.3, -0.25) is 0 Å². The standard InChI is InChI=1S/C50H34N4/c1-3-14-33(15-4-1)50-51-44-23-10-7-22-43(44)49(52-50)36-16-13-19-38(30-36)54-46-25-12-9-21-40(46)42-29-27-35(32-48(42)54)34-26-28-41-39-20-8-11-24-45(39)53(47(41)31-34)37-17-5-2-6-18-37/h1-12,14-18,20-32H,13,19H2. The van der Waals surface area contributed by atoms with E-state index < -0.39 is 0 Å². The molecule has 0 aliphatic heterocycles. The molecule has 1 aliphatic carbocycles. The van der Waals surface area contributed by atoms with Gasteiger partial charge in [-0.15, -0.1) is 0 Å². The van der Waals surface area contributed by atoms with Crippen LogP contribution < -0.4 is 0 Å². The van der Waals surface area contributed by atoms with Crippen molar-refractivity contribution in [3.8, 4) is 28.2 Å². The number of allylic oxidation sites excluding steroid dienone is 4. The molecule has 10 aromatic rings. The lowest BCUT2D eigenvalue weighted by molar-refractivity contribution is 0.981. The van der Waals surface area contributed by atoms with E-state index in [9.17, 15) is 0 Å². The molecule has 0 radical (unpaired) electrons. The summed E-state index contributed by atoms with van der Waals surface area (Å²) in [6.07, 6.45) is 6.55. The van der Waals surface area contributed by atoms with Crippen molar-refractivity contribution >= 4 is 65.8 Å². The van der Waals surface area contributed by atoms with Crippen molar-refractivity contribution in [1.29, 1.82) is 0 Å². The highest BCUT2D eigenvalue weighted by Gasteiger charge is 2.20. The molecular weight excluding hydrogens is 657 g/mol. The van der Waals surface area contributed by atoms with Gasteiger partial charge in [-0.05, 0) is 78.1 Å². The highest BCUT2D eigenvalue weighted by molar-refractivity contribution is 6.13. The third-order valence-corrected chi connectivity index (χ3v) is 11.0. The Morgan fingerprint density at radius 1 is 0.426 bits per heavy atom. The van der Waals surface area contributed by atoms with Crippen LogP contribution in [0.5, 0.6) is 0 Å². The minimum absolute atomic E-state index is 0.746. The van der Waals surface area contributed by atoms with Gasteiger partial charge in [-0.2, -0.15) is 0 Å². The fraction of sp³-hybridized carbons (Fsp3) is 0.0400. The van der Waals surface area contributed by atoms with Gasteiger partial charge in [0.2, 0.25) is 0 Å². The molecule has 0 bridgehead atoms. The van der Waals surface area contributed by atoms with Crippen LogP contribution in [0, 0.1) is 0 Å². The second kappa shape index (κ2) is 12.3. The lowest BCUT2D eigenvalue weighted by Gasteiger charge is -2.19. The Kier molecular flexibility index (Phi) is 6.96. The zero-order chi connectivity index (χ0) is 35.6. The number of fused-ring (bicyclic) bond motifs is 7. The predicted molar refractivity (Wildman–Crippen MR) is 226 cm³/mol. The summed E-state index contributed by atoms with van der Waals surface area (Å²) in [5.74, 6) is 0.746. The minimum Gasteiger partial charge on any atom is -0.313 e. The van der Waals surface area contributed by atoms with Crippen LogP contribution in [0.4, 0.5) is 0 Å². The summed E-state index contributed by atoms with van der Waals surface area (Å²) in [7, 11) is 0. The molecule has 3 aromatic heterocycles. The highest BCUT2D eigenvalue weighted by atomic mass is 15.0. The van der Waals surface area contributed by atoms with Crippen molar-refractivity contribution in [2.45, 2.75) is 12.8 Å². The number of rotatable bonds is 5. The van der Waals surface area contributed by atoms with Crippen molar-refractivity contribution in [2.75, 3.05) is 0 Å². The normalized spacial score (nSPS) is 13.3. The summed E-state index contributed by atoms with van der Waals surface area (Å²) < 4.78 is 4.88. The first-order chi connectivity index (χ1) is 26.8. The van der Waals surface area contributed by atoms with Gasteiger partial charge in [0.15, 0.2) is 5.82 Å². The first-order valence-electron chi connectivity index (χ1n) is 18.6. The molecule has 0 unspecified atom stereocenters. The van der Waals surface area contributed by atoms with Crippen molar-refractivity contribution in [3.05, 3.63) is 188 Å². The largest absolute Gasteiger partial charge is 0.313 e. The Morgan fingerprint density at radius 3 is 1.69 bits per heavy atom. The van der Waals surface area contributed by atoms with Crippen LogP contribution in [0.25, 0.3) is 94.0 Å². The van der Waals surface area contributed by atoms with Crippen LogP contribution in [0.3, 0.4) is 0 Å². The number of benzene rings is 7. The zero-order valence-corrected chi connectivity index (χ0v) is 29.5. The van der Waals surface area contributed by atoms with Crippen LogP contribution >= 0.6 is 0 Å². The molecule has 0 atom stereocenters. The Balaban J connectivity index is 1.09. The number of hydrogen-bond donors (Lipinski definition) is 0. The van der Waals surface area contributed by atoms with Crippen molar-refractivity contribution in [1.82, 2.24) is 19.1 Å². The third kappa shape index (κ3) is 4.84. The van der Waals surface area contributed by atoms with Crippen LogP contribution in [0.15, 0.2) is 182 Å². The molecule has 4 heteroatoms. The van der Waals surface area contributed by atoms with Gasteiger partial charge in [0, 0.05) is 43.9 Å². The quantitative estimate of drug-likeness (QED) is 0.180. The smallest absolute Gasteiger partial charge is 0.160 e. The van der Waals surface area contributed by atoms with Crippen LogP contribution in [-0.2, 0) is 0 Å². The van der Waals surface area contributed by atoms with Gasteiger partial charge in [0.25, 0.3) is 0 Å². The van der Waals surface area contributed by atoms with Crippen LogP contribution in [0.2, 0.25) is 0 Å². The third-order valence-electron chi connectivity index (χ3n) is 11.0. The molecule has 54 heavy (non-hydrogen) atoms. The maximum Gasteiger partial charge on any atom is 0.160 e. The van der Waals surface area contributed by atoms with Gasteiger partial charge in [0.1, 0.15) is 0 Å². The monoisotopic (exact) mass is 690 g/mol. The number of hydrogen-bond acceptors (Lipinski definition) is 2. The molecule has 1 aliphatic rings. The Morgan fingerprint density at radius 2 is 0.981 bits per heavy atom. The van der Waals surface area contributed by atoms with E-state index in [0.717, 1.165) is 52.1 Å². The van der Waals surface area contributed by atoms with E-state index in [1.54, 1.807) is 0 Å². The molecule has 11 rings (SSSR count).